The Bertz CT molecular complexity index is 415. The molecule has 0 amide bonds. The molecule has 0 bridgehead atoms. The predicted molar refractivity (Wildman–Crippen MR) is 57.1 cm³/mol. The number of halogens is 6. The van der Waals surface area contributed by atoms with Crippen molar-refractivity contribution >= 4 is 11.3 Å². The van der Waals surface area contributed by atoms with Crippen LogP contribution in [-0.2, 0) is 4.74 Å². The Morgan fingerprint density at radius 3 is 2.42 bits per heavy atom. The van der Waals surface area contributed by atoms with Gasteiger partial charge in [-0.2, -0.15) is 13.2 Å². The number of ether oxygens (including phenoxy) is 1. The van der Waals surface area contributed by atoms with Gasteiger partial charge in [0.05, 0.1) is 6.10 Å². The van der Waals surface area contributed by atoms with Crippen LogP contribution in [-0.4, -0.2) is 24.4 Å². The number of alkyl halides is 6. The van der Waals surface area contributed by atoms with E-state index in [9.17, 15) is 26.3 Å². The van der Waals surface area contributed by atoms with E-state index in [-0.39, 0.29) is 12.8 Å². The molecule has 0 aromatic carbocycles. The van der Waals surface area contributed by atoms with Gasteiger partial charge in [0, 0.05) is 4.88 Å². The lowest BCUT2D eigenvalue weighted by Crippen LogP contribution is -2.49. The lowest BCUT2D eigenvalue weighted by Gasteiger charge is -2.27. The van der Waals surface area contributed by atoms with E-state index in [1.807, 2.05) is 0 Å². The van der Waals surface area contributed by atoms with Gasteiger partial charge in [-0.3, -0.25) is 0 Å². The molecule has 0 spiro atoms. The van der Waals surface area contributed by atoms with Gasteiger partial charge in [-0.25, -0.2) is 13.2 Å². The summed E-state index contributed by atoms with van der Waals surface area (Å²) < 4.78 is 80.8. The van der Waals surface area contributed by atoms with Crippen molar-refractivity contribution in [3.63, 3.8) is 0 Å². The van der Waals surface area contributed by atoms with Crippen molar-refractivity contribution in [3.05, 3.63) is 22.4 Å². The molecule has 3 unspecified atom stereocenters. The van der Waals surface area contributed by atoms with Gasteiger partial charge in [0.1, 0.15) is 6.10 Å². The van der Waals surface area contributed by atoms with Gasteiger partial charge in [-0.15, -0.1) is 11.3 Å². The fraction of sp³-hybridized carbons (Fsp3) is 0.636. The van der Waals surface area contributed by atoms with Crippen LogP contribution in [0.2, 0.25) is 0 Å². The Labute approximate surface area is 109 Å². The number of hydrogen-bond acceptors (Lipinski definition) is 2. The first kappa shape index (κ1) is 14.6. The average molecular weight is 304 g/mol. The SMILES string of the molecule is FC(C(F)(F)F)C(F)(F)C1CCC(c2cccs2)O1. The van der Waals surface area contributed by atoms with E-state index in [2.05, 4.69) is 0 Å². The summed E-state index contributed by atoms with van der Waals surface area (Å²) >= 11 is 1.26. The second-order valence-corrected chi connectivity index (χ2v) is 5.26. The standard InChI is InChI=1S/C11H10F6OS/c12-9(11(15,16)17)10(13,14)8-4-3-6(18-8)7-2-1-5-19-7/h1-2,5-6,8-9H,3-4H2. The summed E-state index contributed by atoms with van der Waals surface area (Å²) in [6.07, 6.45) is -12.7. The Kier molecular flexibility index (Phi) is 3.83. The normalized spacial score (nSPS) is 26.6. The summed E-state index contributed by atoms with van der Waals surface area (Å²) in [5.41, 5.74) is 0. The summed E-state index contributed by atoms with van der Waals surface area (Å²) in [4.78, 5) is 0.653. The van der Waals surface area contributed by atoms with Crippen LogP contribution >= 0.6 is 11.3 Å². The van der Waals surface area contributed by atoms with Gasteiger partial charge in [-0.05, 0) is 24.3 Å². The molecule has 1 nitrogen and oxygen atoms in total. The lowest BCUT2D eigenvalue weighted by atomic mass is 10.0. The third-order valence-corrected chi connectivity index (χ3v) is 3.90. The summed E-state index contributed by atoms with van der Waals surface area (Å²) in [5.74, 6) is -4.57. The van der Waals surface area contributed by atoms with Crippen molar-refractivity contribution in [3.8, 4) is 0 Å². The molecule has 0 aliphatic carbocycles. The quantitative estimate of drug-likeness (QED) is 0.747. The Hall–Kier alpha value is -0.760. The van der Waals surface area contributed by atoms with E-state index < -0.39 is 30.5 Å². The predicted octanol–water partition coefficient (Wildman–Crippen LogP) is 4.50. The molecule has 0 saturated carbocycles. The summed E-state index contributed by atoms with van der Waals surface area (Å²) in [5, 5.41) is 1.71. The van der Waals surface area contributed by atoms with Crippen molar-refractivity contribution in [1.82, 2.24) is 0 Å². The minimum absolute atomic E-state index is 0.158. The van der Waals surface area contributed by atoms with Gasteiger partial charge in [-0.1, -0.05) is 6.07 Å². The highest BCUT2D eigenvalue weighted by Crippen LogP contribution is 2.45. The van der Waals surface area contributed by atoms with Crippen LogP contribution in [0.5, 0.6) is 0 Å². The Balaban J connectivity index is 2.07. The van der Waals surface area contributed by atoms with Gasteiger partial charge in [0.2, 0.25) is 0 Å². The molecule has 8 heteroatoms. The van der Waals surface area contributed by atoms with E-state index in [4.69, 9.17) is 4.74 Å². The monoisotopic (exact) mass is 304 g/mol. The van der Waals surface area contributed by atoms with Gasteiger partial charge >= 0.3 is 12.1 Å². The molecule has 1 aromatic heterocycles. The number of hydrogen-bond donors (Lipinski definition) is 0. The molecule has 0 N–H and O–H groups in total. The van der Waals surface area contributed by atoms with E-state index in [1.165, 1.54) is 11.3 Å². The van der Waals surface area contributed by atoms with Crippen LogP contribution < -0.4 is 0 Å². The molecule has 1 aliphatic rings. The molecule has 0 radical (unpaired) electrons. The van der Waals surface area contributed by atoms with E-state index >= 15 is 0 Å². The van der Waals surface area contributed by atoms with Gasteiger partial charge < -0.3 is 4.74 Å². The van der Waals surface area contributed by atoms with Crippen molar-refractivity contribution in [2.75, 3.05) is 0 Å². The molecular weight excluding hydrogens is 294 g/mol. The first-order valence-electron chi connectivity index (χ1n) is 5.50. The lowest BCUT2D eigenvalue weighted by molar-refractivity contribution is -0.270. The first-order chi connectivity index (χ1) is 8.73. The van der Waals surface area contributed by atoms with Gasteiger partial charge in [0.25, 0.3) is 6.17 Å². The maximum Gasteiger partial charge on any atom is 0.425 e. The van der Waals surface area contributed by atoms with Crippen LogP contribution in [0.1, 0.15) is 23.8 Å². The highest BCUT2D eigenvalue weighted by molar-refractivity contribution is 7.10. The third-order valence-electron chi connectivity index (χ3n) is 2.93. The summed E-state index contributed by atoms with van der Waals surface area (Å²) in [6, 6.07) is 3.33. The Morgan fingerprint density at radius 2 is 1.89 bits per heavy atom. The molecule has 2 heterocycles. The van der Waals surface area contributed by atoms with Crippen LogP contribution in [0.4, 0.5) is 26.3 Å². The highest BCUT2D eigenvalue weighted by atomic mass is 32.1. The average Bonchev–Trinajstić information content (AvgIpc) is 2.97. The highest BCUT2D eigenvalue weighted by Gasteiger charge is 2.62. The fourth-order valence-corrected chi connectivity index (χ4v) is 2.78. The van der Waals surface area contributed by atoms with Crippen molar-refractivity contribution in [2.24, 2.45) is 0 Å². The van der Waals surface area contributed by atoms with Crippen molar-refractivity contribution in [1.29, 1.82) is 0 Å². The molecule has 3 atom stereocenters. The van der Waals surface area contributed by atoms with Gasteiger partial charge in [0.15, 0.2) is 0 Å². The molecule has 1 fully saturated rings. The third kappa shape index (κ3) is 2.89. The van der Waals surface area contributed by atoms with Crippen molar-refractivity contribution in [2.45, 2.75) is 43.3 Å². The van der Waals surface area contributed by atoms with Crippen LogP contribution in [0.15, 0.2) is 17.5 Å². The fourth-order valence-electron chi connectivity index (χ4n) is 1.99. The maximum atomic E-state index is 13.4. The summed E-state index contributed by atoms with van der Waals surface area (Å²) in [6.45, 7) is 0. The second-order valence-electron chi connectivity index (χ2n) is 4.28. The van der Waals surface area contributed by atoms with Crippen LogP contribution in [0.3, 0.4) is 0 Å². The second kappa shape index (κ2) is 4.97. The minimum atomic E-state index is -5.59. The topological polar surface area (TPSA) is 9.23 Å². The van der Waals surface area contributed by atoms with E-state index in [1.54, 1.807) is 17.5 Å². The van der Waals surface area contributed by atoms with Crippen LogP contribution in [0.25, 0.3) is 0 Å². The largest absolute Gasteiger partial charge is 0.425 e. The zero-order chi connectivity index (χ0) is 14.3. The molecule has 2 rings (SSSR count). The number of rotatable bonds is 3. The molecule has 1 saturated heterocycles. The zero-order valence-electron chi connectivity index (χ0n) is 9.46. The number of thiophene rings is 1. The molecule has 1 aliphatic heterocycles. The molecular formula is C11H10F6OS. The zero-order valence-corrected chi connectivity index (χ0v) is 10.3. The van der Waals surface area contributed by atoms with E-state index in [0.717, 1.165) is 0 Å². The maximum absolute atomic E-state index is 13.4. The smallest absolute Gasteiger partial charge is 0.363 e. The van der Waals surface area contributed by atoms with Crippen molar-refractivity contribution < 1.29 is 31.1 Å². The van der Waals surface area contributed by atoms with Crippen LogP contribution in [0, 0.1) is 0 Å². The minimum Gasteiger partial charge on any atom is -0.363 e. The molecule has 19 heavy (non-hydrogen) atoms. The first-order valence-corrected chi connectivity index (χ1v) is 6.38. The molecule has 1 aromatic rings. The van der Waals surface area contributed by atoms with E-state index in [0.29, 0.717) is 4.88 Å². The Morgan fingerprint density at radius 1 is 1.21 bits per heavy atom. The summed E-state index contributed by atoms with van der Waals surface area (Å²) in [7, 11) is 0. The molecule has 108 valence electrons.